The quantitative estimate of drug-likeness (QED) is 0.815. The Hall–Kier alpha value is -1.43. The number of nitrogens with zero attached hydrogens (tertiary/aromatic N) is 1. The minimum Gasteiger partial charge on any atom is -0.389 e. The molecule has 0 bridgehead atoms. The first-order valence-corrected chi connectivity index (χ1v) is 7.61. The fourth-order valence-electron chi connectivity index (χ4n) is 1.81. The normalized spacial score (nSPS) is 10.2. The molecule has 2 aromatic rings. The summed E-state index contributed by atoms with van der Waals surface area (Å²) in [5.41, 5.74) is 7.57. The average molecular weight is 384 g/mol. The molecule has 0 atom stereocenters. The molecule has 0 heterocycles. The van der Waals surface area contributed by atoms with E-state index < -0.39 is 0 Å². The average Bonchev–Trinajstić information content (AvgIpc) is 2.48. The summed E-state index contributed by atoms with van der Waals surface area (Å²) in [5.74, 6) is -0.160. The molecule has 2 N–H and O–H groups in total. The monoisotopic (exact) mass is 382 g/mol. The van der Waals surface area contributed by atoms with Gasteiger partial charge >= 0.3 is 0 Å². The third kappa shape index (κ3) is 3.61. The number of hydrogen-bond donors (Lipinski definition) is 1. The summed E-state index contributed by atoms with van der Waals surface area (Å²) in [6, 6.07) is 12.3. The lowest BCUT2D eigenvalue weighted by Crippen LogP contribution is -2.26. The third-order valence-corrected chi connectivity index (χ3v) is 4.16. The number of anilines is 1. The molecular formula is C15H12BrClN2OS. The second-order valence-electron chi connectivity index (χ2n) is 4.40. The van der Waals surface area contributed by atoms with Crippen molar-refractivity contribution in [2.45, 2.75) is 0 Å². The van der Waals surface area contributed by atoms with E-state index in [1.54, 1.807) is 54.4 Å². The summed E-state index contributed by atoms with van der Waals surface area (Å²) in [6.07, 6.45) is 0. The third-order valence-electron chi connectivity index (χ3n) is 3.00. The number of benzene rings is 2. The zero-order valence-corrected chi connectivity index (χ0v) is 14.3. The van der Waals surface area contributed by atoms with Crippen molar-refractivity contribution in [3.05, 3.63) is 63.1 Å². The minimum absolute atomic E-state index is 0.160. The van der Waals surface area contributed by atoms with Gasteiger partial charge in [-0.1, -0.05) is 23.8 Å². The fraction of sp³-hybridized carbons (Fsp3) is 0.0667. The van der Waals surface area contributed by atoms with Gasteiger partial charge in [0, 0.05) is 27.8 Å². The first-order valence-electron chi connectivity index (χ1n) is 6.03. The lowest BCUT2D eigenvalue weighted by molar-refractivity contribution is 0.0992. The first kappa shape index (κ1) is 15.9. The number of thiocarbonyl (C=S) groups is 1. The van der Waals surface area contributed by atoms with Crippen molar-refractivity contribution in [1.82, 2.24) is 0 Å². The van der Waals surface area contributed by atoms with Gasteiger partial charge in [0.2, 0.25) is 0 Å². The molecule has 0 saturated heterocycles. The molecule has 0 aliphatic heterocycles. The van der Waals surface area contributed by atoms with E-state index in [2.05, 4.69) is 15.9 Å². The van der Waals surface area contributed by atoms with Gasteiger partial charge in [-0.3, -0.25) is 4.79 Å². The molecule has 0 fully saturated rings. The Kier molecular flexibility index (Phi) is 4.98. The van der Waals surface area contributed by atoms with Gasteiger partial charge in [0.15, 0.2) is 0 Å². The van der Waals surface area contributed by atoms with Gasteiger partial charge in [0.1, 0.15) is 4.99 Å². The summed E-state index contributed by atoms with van der Waals surface area (Å²) in [4.78, 5) is 14.4. The highest BCUT2D eigenvalue weighted by atomic mass is 79.9. The Balaban J connectivity index is 2.30. The SMILES string of the molecule is CN(C(=O)c1cc(Cl)ccc1Br)c1ccc(C(N)=S)cc1. The smallest absolute Gasteiger partial charge is 0.259 e. The molecule has 0 unspecified atom stereocenters. The van der Waals surface area contributed by atoms with Crippen molar-refractivity contribution in [2.24, 2.45) is 5.73 Å². The molecule has 0 saturated carbocycles. The number of nitrogens with two attached hydrogens (primary N) is 1. The van der Waals surface area contributed by atoms with Gasteiger partial charge in [-0.2, -0.15) is 0 Å². The molecular weight excluding hydrogens is 372 g/mol. The fourth-order valence-corrected chi connectivity index (χ4v) is 2.53. The molecule has 2 aromatic carbocycles. The van der Waals surface area contributed by atoms with E-state index >= 15 is 0 Å². The van der Waals surface area contributed by atoms with E-state index in [0.717, 1.165) is 11.3 Å². The van der Waals surface area contributed by atoms with Crippen LogP contribution in [0.2, 0.25) is 5.02 Å². The van der Waals surface area contributed by atoms with Crippen molar-refractivity contribution >= 4 is 56.3 Å². The number of amides is 1. The highest BCUT2D eigenvalue weighted by Crippen LogP contribution is 2.24. The van der Waals surface area contributed by atoms with Crippen LogP contribution in [0.15, 0.2) is 46.9 Å². The minimum atomic E-state index is -0.160. The van der Waals surface area contributed by atoms with E-state index in [0.29, 0.717) is 20.0 Å². The van der Waals surface area contributed by atoms with Crippen LogP contribution in [0.4, 0.5) is 5.69 Å². The van der Waals surface area contributed by atoms with Crippen LogP contribution in [0, 0.1) is 0 Å². The van der Waals surface area contributed by atoms with Crippen molar-refractivity contribution in [2.75, 3.05) is 11.9 Å². The maximum absolute atomic E-state index is 12.5. The Morgan fingerprint density at radius 1 is 1.24 bits per heavy atom. The summed E-state index contributed by atoms with van der Waals surface area (Å²) >= 11 is 14.2. The Morgan fingerprint density at radius 3 is 2.43 bits per heavy atom. The van der Waals surface area contributed by atoms with Crippen molar-refractivity contribution < 1.29 is 4.79 Å². The number of carbonyl (C=O) groups excluding carboxylic acids is 1. The van der Waals surface area contributed by atoms with Gasteiger partial charge in [-0.25, -0.2) is 0 Å². The van der Waals surface area contributed by atoms with Gasteiger partial charge < -0.3 is 10.6 Å². The maximum atomic E-state index is 12.5. The molecule has 0 aromatic heterocycles. The van der Waals surface area contributed by atoms with Crippen molar-refractivity contribution in [3.63, 3.8) is 0 Å². The topological polar surface area (TPSA) is 46.3 Å². The number of rotatable bonds is 3. The van der Waals surface area contributed by atoms with Crippen molar-refractivity contribution in [1.29, 1.82) is 0 Å². The molecule has 1 amide bonds. The molecule has 0 aliphatic rings. The van der Waals surface area contributed by atoms with Gasteiger partial charge in [-0.15, -0.1) is 0 Å². The molecule has 0 spiro atoms. The van der Waals surface area contributed by atoms with Gasteiger partial charge in [-0.05, 0) is 58.4 Å². The first-order chi connectivity index (χ1) is 9.90. The van der Waals surface area contributed by atoms with Crippen LogP contribution in [0.3, 0.4) is 0 Å². The van der Waals surface area contributed by atoms with E-state index in [-0.39, 0.29) is 5.91 Å². The van der Waals surface area contributed by atoms with Crippen LogP contribution in [-0.4, -0.2) is 17.9 Å². The molecule has 6 heteroatoms. The largest absolute Gasteiger partial charge is 0.389 e. The predicted octanol–water partition coefficient (Wildman–Crippen LogP) is 4.01. The molecule has 3 nitrogen and oxygen atoms in total. The van der Waals surface area contributed by atoms with Crippen molar-refractivity contribution in [3.8, 4) is 0 Å². The number of carbonyl (C=O) groups is 1. The standard InChI is InChI=1S/C15H12BrClN2OS/c1-19(11-5-2-9(3-6-11)14(18)21)15(20)12-8-10(17)4-7-13(12)16/h2-8H,1H3,(H2,18,21). The zero-order chi connectivity index (χ0) is 15.6. The van der Waals surface area contributed by atoms with Crippen LogP contribution in [0.25, 0.3) is 0 Å². The lowest BCUT2D eigenvalue weighted by atomic mass is 10.1. The predicted molar refractivity (Wildman–Crippen MR) is 94.2 cm³/mol. The summed E-state index contributed by atoms with van der Waals surface area (Å²) in [7, 11) is 1.70. The van der Waals surface area contributed by atoms with E-state index in [1.807, 2.05) is 0 Å². The summed E-state index contributed by atoms with van der Waals surface area (Å²) in [6.45, 7) is 0. The lowest BCUT2D eigenvalue weighted by Gasteiger charge is -2.18. The Bertz CT molecular complexity index is 703. The molecule has 108 valence electrons. The Labute approximate surface area is 141 Å². The van der Waals surface area contributed by atoms with E-state index in [4.69, 9.17) is 29.6 Å². The molecule has 0 aliphatic carbocycles. The Morgan fingerprint density at radius 2 is 1.86 bits per heavy atom. The summed E-state index contributed by atoms with van der Waals surface area (Å²) in [5, 5.41) is 0.513. The summed E-state index contributed by atoms with van der Waals surface area (Å²) < 4.78 is 0.698. The molecule has 21 heavy (non-hydrogen) atoms. The van der Waals surface area contributed by atoms with Gasteiger partial charge in [0.25, 0.3) is 5.91 Å². The highest BCUT2D eigenvalue weighted by molar-refractivity contribution is 9.10. The maximum Gasteiger partial charge on any atom is 0.259 e. The van der Waals surface area contributed by atoms with Crippen LogP contribution < -0.4 is 10.6 Å². The van der Waals surface area contributed by atoms with Crippen LogP contribution in [-0.2, 0) is 0 Å². The van der Waals surface area contributed by atoms with Crippen LogP contribution in [0.5, 0.6) is 0 Å². The number of hydrogen-bond acceptors (Lipinski definition) is 2. The van der Waals surface area contributed by atoms with Gasteiger partial charge in [0.05, 0.1) is 5.56 Å². The second kappa shape index (κ2) is 6.56. The molecule has 0 radical (unpaired) electrons. The number of halogens is 2. The van der Waals surface area contributed by atoms with E-state index in [1.165, 1.54) is 0 Å². The van der Waals surface area contributed by atoms with Crippen LogP contribution >= 0.6 is 39.7 Å². The second-order valence-corrected chi connectivity index (χ2v) is 6.13. The highest BCUT2D eigenvalue weighted by Gasteiger charge is 2.16. The molecule has 2 rings (SSSR count). The van der Waals surface area contributed by atoms with Crippen LogP contribution in [0.1, 0.15) is 15.9 Å². The zero-order valence-electron chi connectivity index (χ0n) is 11.1. The van der Waals surface area contributed by atoms with E-state index in [9.17, 15) is 4.79 Å².